The van der Waals surface area contributed by atoms with Gasteiger partial charge < -0.3 is 14.4 Å². The molecule has 184 valence electrons. The fraction of sp³-hybridized carbons (Fsp3) is 0.167. The van der Waals surface area contributed by atoms with E-state index in [0.717, 1.165) is 44.8 Å². The first-order valence-electron chi connectivity index (χ1n) is 12.4. The van der Waals surface area contributed by atoms with Gasteiger partial charge in [0.15, 0.2) is 5.65 Å². The van der Waals surface area contributed by atoms with Gasteiger partial charge in [-0.1, -0.05) is 66.2 Å². The van der Waals surface area contributed by atoms with Crippen LogP contribution < -0.4 is 4.90 Å². The van der Waals surface area contributed by atoms with Gasteiger partial charge in [-0.15, -0.1) is 0 Å². The predicted molar refractivity (Wildman–Crippen MR) is 149 cm³/mol. The van der Waals surface area contributed by atoms with Gasteiger partial charge in [0.2, 0.25) is 0 Å². The van der Waals surface area contributed by atoms with Crippen molar-refractivity contribution in [1.29, 1.82) is 0 Å². The van der Waals surface area contributed by atoms with Crippen molar-refractivity contribution in [2.24, 2.45) is 0 Å². The van der Waals surface area contributed by atoms with Crippen LogP contribution in [0.15, 0.2) is 91.4 Å². The fourth-order valence-corrected chi connectivity index (χ4v) is 5.23. The maximum Gasteiger partial charge on any atom is 0.254 e. The molecule has 5 aromatic rings. The summed E-state index contributed by atoms with van der Waals surface area (Å²) < 4.78 is 2.08. The van der Waals surface area contributed by atoms with Crippen LogP contribution in [-0.2, 0) is 0 Å². The van der Waals surface area contributed by atoms with Crippen LogP contribution in [0.3, 0.4) is 0 Å². The molecule has 0 unspecified atom stereocenters. The van der Waals surface area contributed by atoms with Crippen LogP contribution in [0.2, 0.25) is 5.02 Å². The van der Waals surface area contributed by atoms with E-state index in [0.29, 0.717) is 31.2 Å². The monoisotopic (exact) mass is 507 g/mol. The molecule has 1 fully saturated rings. The van der Waals surface area contributed by atoms with Gasteiger partial charge >= 0.3 is 0 Å². The van der Waals surface area contributed by atoms with Crippen LogP contribution in [0.25, 0.3) is 27.8 Å². The van der Waals surface area contributed by atoms with Gasteiger partial charge in [-0.25, -0.2) is 9.97 Å². The Morgan fingerprint density at radius 3 is 2.38 bits per heavy atom. The average molecular weight is 508 g/mol. The Morgan fingerprint density at radius 2 is 1.62 bits per heavy atom. The van der Waals surface area contributed by atoms with E-state index >= 15 is 0 Å². The zero-order chi connectivity index (χ0) is 25.4. The molecule has 6 rings (SSSR count). The fourth-order valence-electron chi connectivity index (χ4n) is 5.05. The highest BCUT2D eigenvalue weighted by Crippen LogP contribution is 2.37. The molecular weight excluding hydrogens is 482 g/mol. The Labute approximate surface area is 220 Å². The van der Waals surface area contributed by atoms with Crippen LogP contribution in [0.5, 0.6) is 0 Å². The molecule has 1 amide bonds. The van der Waals surface area contributed by atoms with Gasteiger partial charge in [-0.2, -0.15) is 0 Å². The van der Waals surface area contributed by atoms with Crippen molar-refractivity contribution < 1.29 is 4.79 Å². The lowest BCUT2D eigenvalue weighted by Gasteiger charge is -2.36. The highest BCUT2D eigenvalue weighted by atomic mass is 35.5. The van der Waals surface area contributed by atoms with Crippen molar-refractivity contribution in [2.45, 2.75) is 6.92 Å². The molecule has 0 spiro atoms. The second-order valence-electron chi connectivity index (χ2n) is 9.25. The number of amides is 1. The molecular formula is C30H26ClN5O. The van der Waals surface area contributed by atoms with Crippen LogP contribution in [0, 0.1) is 6.92 Å². The first-order valence-corrected chi connectivity index (χ1v) is 12.8. The number of benzene rings is 3. The van der Waals surface area contributed by atoms with E-state index < -0.39 is 0 Å². The SMILES string of the molecule is Cc1ccccc1C(=O)N1CCN(c2ncnc3c2c(-c2ccccc2)cn3-c2cccc(Cl)c2)CC1. The van der Waals surface area contributed by atoms with Gasteiger partial charge in [0, 0.05) is 54.2 Å². The standard InChI is InChI=1S/C30H26ClN5O/c1-21-8-5-6-13-25(21)30(37)35-16-14-34(15-17-35)28-27-26(22-9-3-2-4-10-22)19-36(29(27)33-20-32-28)24-12-7-11-23(31)18-24/h2-13,18-20H,14-17H2,1H3. The Kier molecular flexibility index (Phi) is 6.10. The third kappa shape index (κ3) is 4.34. The van der Waals surface area contributed by atoms with Gasteiger partial charge in [0.1, 0.15) is 12.1 Å². The quantitative estimate of drug-likeness (QED) is 0.299. The van der Waals surface area contributed by atoms with Gasteiger partial charge in [0.05, 0.1) is 5.39 Å². The summed E-state index contributed by atoms with van der Waals surface area (Å²) in [5.41, 5.74) is 5.69. The molecule has 3 heterocycles. The number of hydrogen-bond donors (Lipinski definition) is 0. The summed E-state index contributed by atoms with van der Waals surface area (Å²) in [5, 5.41) is 1.66. The maximum atomic E-state index is 13.2. The van der Waals surface area contributed by atoms with Crippen molar-refractivity contribution in [3.63, 3.8) is 0 Å². The van der Waals surface area contributed by atoms with Crippen molar-refractivity contribution in [1.82, 2.24) is 19.4 Å². The molecule has 0 aliphatic carbocycles. The number of carbonyl (C=O) groups excluding carboxylic acids is 1. The Bertz CT molecular complexity index is 1590. The Hall–Kier alpha value is -4.16. The normalized spacial score (nSPS) is 13.8. The van der Waals surface area contributed by atoms with Crippen LogP contribution in [0.1, 0.15) is 15.9 Å². The number of nitrogens with zero attached hydrogens (tertiary/aromatic N) is 5. The first kappa shape index (κ1) is 23.3. The van der Waals surface area contributed by atoms with Crippen LogP contribution >= 0.6 is 11.6 Å². The van der Waals surface area contributed by atoms with Gasteiger partial charge in [0.25, 0.3) is 5.91 Å². The summed E-state index contributed by atoms with van der Waals surface area (Å²) in [4.78, 5) is 26.8. The number of aryl methyl sites for hydroxylation is 1. The van der Waals surface area contributed by atoms with Crippen LogP contribution in [0.4, 0.5) is 5.82 Å². The smallest absolute Gasteiger partial charge is 0.254 e. The molecule has 37 heavy (non-hydrogen) atoms. The summed E-state index contributed by atoms with van der Waals surface area (Å²) >= 11 is 6.33. The highest BCUT2D eigenvalue weighted by molar-refractivity contribution is 6.30. The molecule has 0 saturated carbocycles. The number of fused-ring (bicyclic) bond motifs is 1. The first-order chi connectivity index (χ1) is 18.1. The molecule has 1 aliphatic rings. The number of hydrogen-bond acceptors (Lipinski definition) is 4. The zero-order valence-electron chi connectivity index (χ0n) is 20.5. The highest BCUT2D eigenvalue weighted by Gasteiger charge is 2.27. The zero-order valence-corrected chi connectivity index (χ0v) is 21.3. The van der Waals surface area contributed by atoms with E-state index in [4.69, 9.17) is 21.6 Å². The van der Waals surface area contributed by atoms with E-state index in [2.05, 4.69) is 27.8 Å². The number of piperazine rings is 1. The minimum absolute atomic E-state index is 0.0858. The second-order valence-corrected chi connectivity index (χ2v) is 9.69. The molecule has 2 aromatic heterocycles. The topological polar surface area (TPSA) is 54.3 Å². The average Bonchev–Trinajstić information content (AvgIpc) is 3.34. The van der Waals surface area contributed by atoms with Gasteiger partial charge in [-0.3, -0.25) is 4.79 Å². The van der Waals surface area contributed by atoms with E-state index in [1.54, 1.807) is 6.33 Å². The summed E-state index contributed by atoms with van der Waals surface area (Å²) in [7, 11) is 0. The third-order valence-electron chi connectivity index (χ3n) is 6.98. The summed E-state index contributed by atoms with van der Waals surface area (Å²) in [5.74, 6) is 0.968. The van der Waals surface area contributed by atoms with Crippen molar-refractivity contribution in [3.8, 4) is 16.8 Å². The summed E-state index contributed by atoms with van der Waals surface area (Å²) in [6, 6.07) is 25.8. The molecule has 0 N–H and O–H groups in total. The third-order valence-corrected chi connectivity index (χ3v) is 7.21. The number of halogens is 1. The van der Waals surface area contributed by atoms with Crippen molar-refractivity contribution in [2.75, 3.05) is 31.1 Å². The largest absolute Gasteiger partial charge is 0.352 e. The minimum Gasteiger partial charge on any atom is -0.352 e. The van der Waals surface area contributed by atoms with Gasteiger partial charge in [-0.05, 0) is 42.3 Å². The molecule has 0 bridgehead atoms. The van der Waals surface area contributed by atoms with E-state index in [1.807, 2.05) is 78.6 Å². The lowest BCUT2D eigenvalue weighted by Crippen LogP contribution is -2.49. The lowest BCUT2D eigenvalue weighted by molar-refractivity contribution is 0.0746. The van der Waals surface area contributed by atoms with Crippen LogP contribution in [-0.4, -0.2) is 51.5 Å². The van der Waals surface area contributed by atoms with E-state index in [-0.39, 0.29) is 5.91 Å². The molecule has 3 aromatic carbocycles. The maximum absolute atomic E-state index is 13.2. The molecule has 0 atom stereocenters. The van der Waals surface area contributed by atoms with E-state index in [9.17, 15) is 4.79 Å². The van der Waals surface area contributed by atoms with Crippen molar-refractivity contribution >= 4 is 34.4 Å². The molecule has 0 radical (unpaired) electrons. The lowest BCUT2D eigenvalue weighted by atomic mass is 10.1. The summed E-state index contributed by atoms with van der Waals surface area (Å²) in [6.07, 6.45) is 3.74. The molecule has 1 saturated heterocycles. The van der Waals surface area contributed by atoms with Crippen molar-refractivity contribution in [3.05, 3.63) is 108 Å². The Balaban J connectivity index is 1.38. The summed E-state index contributed by atoms with van der Waals surface area (Å²) in [6.45, 7) is 4.64. The molecule has 6 nitrogen and oxygen atoms in total. The Morgan fingerprint density at radius 1 is 0.865 bits per heavy atom. The number of aromatic nitrogens is 3. The number of rotatable bonds is 4. The van der Waals surface area contributed by atoms with E-state index in [1.165, 1.54) is 0 Å². The molecule has 1 aliphatic heterocycles. The second kappa shape index (κ2) is 9.71. The minimum atomic E-state index is 0.0858. The predicted octanol–water partition coefficient (Wildman–Crippen LogP) is 6.01. The number of carbonyl (C=O) groups is 1. The molecule has 7 heteroatoms. The number of anilines is 1.